The van der Waals surface area contributed by atoms with E-state index < -0.39 is 5.97 Å². The molecule has 0 fully saturated rings. The van der Waals surface area contributed by atoms with Gasteiger partial charge in [-0.05, 0) is 0 Å². The summed E-state index contributed by atoms with van der Waals surface area (Å²) in [4.78, 5) is 20.9. The molecule has 86 valence electrons. The van der Waals surface area contributed by atoms with Crippen LogP contribution in [0.25, 0.3) is 0 Å². The Labute approximate surface area is 92.6 Å². The second-order valence-electron chi connectivity index (χ2n) is 3.70. The van der Waals surface area contributed by atoms with Crippen LogP contribution in [0.1, 0.15) is 21.7 Å². The fourth-order valence-corrected chi connectivity index (χ4v) is 1.91. The highest BCUT2D eigenvalue weighted by Gasteiger charge is 2.23. The van der Waals surface area contributed by atoms with E-state index in [0.29, 0.717) is 25.1 Å². The zero-order chi connectivity index (χ0) is 11.5. The number of rotatable bonds is 3. The van der Waals surface area contributed by atoms with Gasteiger partial charge in [-0.2, -0.15) is 0 Å². The average Bonchev–Trinajstić information content (AvgIpc) is 2.28. The molecule has 2 heterocycles. The molecule has 0 atom stereocenters. The van der Waals surface area contributed by atoms with Gasteiger partial charge in [0, 0.05) is 31.6 Å². The number of β-amino-alcohol motifs (C(OH)–C–C–N with tert-alkyl or cyclic N) is 1. The summed E-state index contributed by atoms with van der Waals surface area (Å²) in [5, 5.41) is 17.9. The number of aromatic nitrogens is 2. The molecule has 1 aromatic heterocycles. The van der Waals surface area contributed by atoms with Gasteiger partial charge in [-0.3, -0.25) is 4.90 Å². The van der Waals surface area contributed by atoms with Gasteiger partial charge in [-0.1, -0.05) is 0 Å². The van der Waals surface area contributed by atoms with Gasteiger partial charge in [-0.15, -0.1) is 0 Å². The van der Waals surface area contributed by atoms with Crippen molar-refractivity contribution < 1.29 is 15.0 Å². The van der Waals surface area contributed by atoms with Gasteiger partial charge in [0.1, 0.15) is 6.33 Å². The molecule has 0 saturated heterocycles. The summed E-state index contributed by atoms with van der Waals surface area (Å²) in [6.45, 7) is 1.92. The molecule has 0 aromatic carbocycles. The Hall–Kier alpha value is -1.53. The third-order valence-corrected chi connectivity index (χ3v) is 2.70. The molecule has 0 spiro atoms. The lowest BCUT2D eigenvalue weighted by Gasteiger charge is -2.27. The Kier molecular flexibility index (Phi) is 3.12. The highest BCUT2D eigenvalue weighted by Crippen LogP contribution is 2.18. The number of carboxylic acid groups (broad SMARTS) is 1. The second-order valence-corrected chi connectivity index (χ2v) is 3.70. The van der Waals surface area contributed by atoms with Gasteiger partial charge in [0.15, 0.2) is 5.69 Å². The van der Waals surface area contributed by atoms with Crippen molar-refractivity contribution in [3.8, 4) is 0 Å². The van der Waals surface area contributed by atoms with E-state index in [1.165, 1.54) is 6.33 Å². The van der Waals surface area contributed by atoms with Crippen molar-refractivity contribution in [3.05, 3.63) is 23.3 Å². The number of aromatic carboxylic acids is 1. The molecule has 0 radical (unpaired) electrons. The van der Waals surface area contributed by atoms with E-state index in [2.05, 4.69) is 9.97 Å². The number of aliphatic hydroxyl groups is 1. The molecular formula is C10H13N3O3. The van der Waals surface area contributed by atoms with Crippen LogP contribution in [0.2, 0.25) is 0 Å². The molecule has 2 N–H and O–H groups in total. The summed E-state index contributed by atoms with van der Waals surface area (Å²) in [5.74, 6) is -1.02. The van der Waals surface area contributed by atoms with Crippen LogP contribution in [-0.2, 0) is 13.0 Å². The van der Waals surface area contributed by atoms with E-state index in [-0.39, 0.29) is 12.3 Å². The maximum atomic E-state index is 11.0. The lowest BCUT2D eigenvalue weighted by Crippen LogP contribution is -2.34. The molecule has 6 heteroatoms. The van der Waals surface area contributed by atoms with Crippen molar-refractivity contribution in [1.82, 2.24) is 14.9 Å². The fraction of sp³-hybridized carbons (Fsp3) is 0.500. The van der Waals surface area contributed by atoms with Crippen molar-refractivity contribution in [1.29, 1.82) is 0 Å². The van der Waals surface area contributed by atoms with Crippen molar-refractivity contribution in [2.75, 3.05) is 19.7 Å². The van der Waals surface area contributed by atoms with E-state index in [0.717, 1.165) is 12.2 Å². The first-order valence-corrected chi connectivity index (χ1v) is 5.11. The van der Waals surface area contributed by atoms with Gasteiger partial charge in [0.2, 0.25) is 0 Å². The second kappa shape index (κ2) is 4.54. The van der Waals surface area contributed by atoms with Crippen LogP contribution >= 0.6 is 0 Å². The Morgan fingerprint density at radius 3 is 3.00 bits per heavy atom. The lowest BCUT2D eigenvalue weighted by molar-refractivity contribution is 0.0686. The smallest absolute Gasteiger partial charge is 0.354 e. The summed E-state index contributed by atoms with van der Waals surface area (Å²) in [7, 11) is 0. The Morgan fingerprint density at radius 2 is 2.31 bits per heavy atom. The number of carboxylic acids is 1. The predicted octanol–water partition coefficient (Wildman–Crippen LogP) is -0.475. The van der Waals surface area contributed by atoms with Crippen LogP contribution in [0, 0.1) is 0 Å². The molecule has 0 amide bonds. The molecule has 6 nitrogen and oxygen atoms in total. The van der Waals surface area contributed by atoms with Crippen LogP contribution in [0.15, 0.2) is 6.33 Å². The number of fused-ring (bicyclic) bond motifs is 1. The number of hydrogen-bond donors (Lipinski definition) is 2. The summed E-state index contributed by atoms with van der Waals surface area (Å²) in [6.07, 6.45) is 2.00. The zero-order valence-electron chi connectivity index (χ0n) is 8.76. The molecule has 0 saturated carbocycles. The number of carbonyl (C=O) groups is 1. The molecule has 16 heavy (non-hydrogen) atoms. The van der Waals surface area contributed by atoms with Crippen molar-refractivity contribution >= 4 is 5.97 Å². The monoisotopic (exact) mass is 223 g/mol. The average molecular weight is 223 g/mol. The quantitative estimate of drug-likeness (QED) is 0.720. The largest absolute Gasteiger partial charge is 0.476 e. The van der Waals surface area contributed by atoms with E-state index >= 15 is 0 Å². The summed E-state index contributed by atoms with van der Waals surface area (Å²) in [5.41, 5.74) is 1.56. The molecule has 1 aliphatic rings. The minimum absolute atomic E-state index is 0.0748. The van der Waals surface area contributed by atoms with Crippen LogP contribution in [0.3, 0.4) is 0 Å². The summed E-state index contributed by atoms with van der Waals surface area (Å²) < 4.78 is 0. The minimum atomic E-state index is -1.02. The Balaban J connectivity index is 2.30. The summed E-state index contributed by atoms with van der Waals surface area (Å²) in [6, 6.07) is 0. The van der Waals surface area contributed by atoms with Crippen LogP contribution < -0.4 is 0 Å². The standard InChI is InChI=1S/C10H13N3O3/c14-4-3-13-2-1-8-7(5-13)9(10(15)16)12-6-11-8/h6,14H,1-5H2,(H,15,16). The van der Waals surface area contributed by atoms with Crippen molar-refractivity contribution in [2.24, 2.45) is 0 Å². The van der Waals surface area contributed by atoms with Gasteiger partial charge in [-0.25, -0.2) is 14.8 Å². The van der Waals surface area contributed by atoms with Gasteiger partial charge in [0.25, 0.3) is 0 Å². The topological polar surface area (TPSA) is 86.5 Å². The van der Waals surface area contributed by atoms with E-state index in [1.807, 2.05) is 4.90 Å². The first-order chi connectivity index (χ1) is 7.72. The zero-order valence-corrected chi connectivity index (χ0v) is 8.76. The van der Waals surface area contributed by atoms with Crippen molar-refractivity contribution in [3.63, 3.8) is 0 Å². The third-order valence-electron chi connectivity index (χ3n) is 2.70. The SMILES string of the molecule is O=C(O)c1ncnc2c1CN(CCO)CC2. The first-order valence-electron chi connectivity index (χ1n) is 5.11. The Bertz CT molecular complexity index is 408. The van der Waals surface area contributed by atoms with E-state index in [4.69, 9.17) is 10.2 Å². The molecule has 0 bridgehead atoms. The molecule has 1 aromatic rings. The van der Waals surface area contributed by atoms with Gasteiger partial charge in [0.05, 0.1) is 12.3 Å². The van der Waals surface area contributed by atoms with Crippen LogP contribution in [0.4, 0.5) is 0 Å². The molecule has 1 aliphatic heterocycles. The molecular weight excluding hydrogens is 210 g/mol. The predicted molar refractivity (Wildman–Crippen MR) is 55.1 cm³/mol. The van der Waals surface area contributed by atoms with E-state index in [9.17, 15) is 4.79 Å². The van der Waals surface area contributed by atoms with Crippen LogP contribution in [-0.4, -0.2) is 50.7 Å². The molecule has 0 aliphatic carbocycles. The number of aliphatic hydroxyl groups excluding tert-OH is 1. The fourth-order valence-electron chi connectivity index (χ4n) is 1.91. The van der Waals surface area contributed by atoms with Crippen molar-refractivity contribution in [2.45, 2.75) is 13.0 Å². The maximum Gasteiger partial charge on any atom is 0.354 e. The minimum Gasteiger partial charge on any atom is -0.476 e. The molecule has 0 unspecified atom stereocenters. The summed E-state index contributed by atoms with van der Waals surface area (Å²) >= 11 is 0. The normalized spacial score (nSPS) is 15.8. The first kappa shape index (κ1) is 11.0. The Morgan fingerprint density at radius 1 is 1.50 bits per heavy atom. The highest BCUT2D eigenvalue weighted by atomic mass is 16.4. The highest BCUT2D eigenvalue weighted by molar-refractivity contribution is 5.87. The maximum absolute atomic E-state index is 11.0. The third kappa shape index (κ3) is 2.02. The number of nitrogens with zero attached hydrogens (tertiary/aromatic N) is 3. The molecule has 2 rings (SSSR count). The lowest BCUT2D eigenvalue weighted by atomic mass is 10.0. The van der Waals surface area contributed by atoms with E-state index in [1.54, 1.807) is 0 Å². The van der Waals surface area contributed by atoms with Crippen LogP contribution in [0.5, 0.6) is 0 Å². The van der Waals surface area contributed by atoms with Gasteiger partial charge >= 0.3 is 5.97 Å². The van der Waals surface area contributed by atoms with Gasteiger partial charge < -0.3 is 10.2 Å². The number of hydrogen-bond acceptors (Lipinski definition) is 5.